The molecule has 0 unspecified atom stereocenters. The van der Waals surface area contributed by atoms with Crippen LogP contribution in [0.5, 0.6) is 0 Å². The van der Waals surface area contributed by atoms with Crippen LogP contribution in [0.15, 0.2) is 30.3 Å². The molecule has 0 heterocycles. The van der Waals surface area contributed by atoms with E-state index in [1.54, 1.807) is 30.3 Å². The summed E-state index contributed by atoms with van der Waals surface area (Å²) in [5, 5.41) is 8.93. The van der Waals surface area contributed by atoms with Crippen LogP contribution >= 0.6 is 0 Å². The molecule has 1 aromatic carbocycles. The third-order valence-electron chi connectivity index (χ3n) is 2.73. The van der Waals surface area contributed by atoms with Gasteiger partial charge in [0.2, 0.25) is 5.96 Å². The Balaban J connectivity index is 2.98. The van der Waals surface area contributed by atoms with Crippen molar-refractivity contribution in [3.63, 3.8) is 0 Å². The summed E-state index contributed by atoms with van der Waals surface area (Å²) in [7, 11) is -6.36. The van der Waals surface area contributed by atoms with Gasteiger partial charge in [0, 0.05) is 0 Å². The van der Waals surface area contributed by atoms with Crippen LogP contribution in [-0.2, 0) is 26.1 Å². The summed E-state index contributed by atoms with van der Waals surface area (Å²) >= 11 is 0. The lowest BCUT2D eigenvalue weighted by Gasteiger charge is -2.27. The van der Waals surface area contributed by atoms with E-state index < -0.39 is 43.6 Å². The molecular weight excluding hydrogens is 407 g/mol. The van der Waals surface area contributed by atoms with Crippen LogP contribution in [0, 0.1) is 5.41 Å². The standard InChI is InChI=1S/C15H18F3N3O6S/c1-14(2,3)27-13(23)21(28(24,25)15(16,17)18)11(19)20-12(22)26-9-10-7-5-4-6-8-10/h4-8H,9H2,1-3H3,(H2,19,20,22). The number of rotatable bonds is 3. The predicted octanol–water partition coefficient (Wildman–Crippen LogP) is 2.93. The highest BCUT2D eigenvalue weighted by Crippen LogP contribution is 2.28. The van der Waals surface area contributed by atoms with Gasteiger partial charge < -0.3 is 9.47 Å². The average Bonchev–Trinajstić information content (AvgIpc) is 2.50. The zero-order valence-electron chi connectivity index (χ0n) is 15.0. The van der Waals surface area contributed by atoms with Gasteiger partial charge in [0.05, 0.1) is 0 Å². The number of amides is 2. The van der Waals surface area contributed by atoms with Gasteiger partial charge >= 0.3 is 27.7 Å². The molecule has 0 fully saturated rings. The highest BCUT2D eigenvalue weighted by Gasteiger charge is 2.55. The fraction of sp³-hybridized carbons (Fsp3) is 0.400. The zero-order valence-corrected chi connectivity index (χ0v) is 15.8. The quantitative estimate of drug-likeness (QED) is 0.567. The molecule has 0 bridgehead atoms. The first-order chi connectivity index (χ1) is 12.6. The Morgan fingerprint density at radius 1 is 1.14 bits per heavy atom. The topological polar surface area (TPSA) is 126 Å². The number of alkyl carbamates (subject to hydrolysis) is 1. The maximum absolute atomic E-state index is 12.9. The number of halogens is 3. The summed E-state index contributed by atoms with van der Waals surface area (Å²) < 4.78 is 70.2. The minimum atomic E-state index is -6.36. The van der Waals surface area contributed by atoms with E-state index in [1.165, 1.54) is 26.1 Å². The van der Waals surface area contributed by atoms with Crippen molar-refractivity contribution >= 4 is 28.2 Å². The number of nitrogens with zero attached hydrogens (tertiary/aromatic N) is 1. The molecule has 1 aromatic rings. The van der Waals surface area contributed by atoms with Gasteiger partial charge in [0.15, 0.2) is 0 Å². The molecule has 13 heteroatoms. The van der Waals surface area contributed by atoms with Crippen molar-refractivity contribution in [3.8, 4) is 0 Å². The third-order valence-corrected chi connectivity index (χ3v) is 4.13. The second kappa shape index (κ2) is 8.46. The number of benzene rings is 1. The molecule has 156 valence electrons. The van der Waals surface area contributed by atoms with Crippen molar-refractivity contribution < 1.29 is 40.7 Å². The number of hydrogen-bond acceptors (Lipinski definition) is 7. The van der Waals surface area contributed by atoms with Crippen molar-refractivity contribution in [2.75, 3.05) is 0 Å². The smallest absolute Gasteiger partial charge is 0.444 e. The first kappa shape index (κ1) is 23.2. The molecule has 0 aliphatic carbocycles. The summed E-state index contributed by atoms with van der Waals surface area (Å²) in [6.45, 7) is 3.51. The number of nitrogens with one attached hydrogen (secondary N) is 2. The largest absolute Gasteiger partial charge is 0.517 e. The first-order valence-electron chi connectivity index (χ1n) is 7.56. The number of sulfonamides is 1. The SMILES string of the molecule is CC(C)(C)OC(=O)N(C(=N)NC(=O)OCc1ccccc1)S(=O)(=O)C(F)(F)F. The minimum absolute atomic E-state index is 0.307. The Morgan fingerprint density at radius 3 is 2.14 bits per heavy atom. The van der Waals surface area contributed by atoms with E-state index in [-0.39, 0.29) is 6.61 Å². The van der Waals surface area contributed by atoms with Gasteiger partial charge in [-0.2, -0.15) is 21.6 Å². The Labute approximate surface area is 159 Å². The minimum Gasteiger partial charge on any atom is -0.444 e. The van der Waals surface area contributed by atoms with Crippen LogP contribution in [-0.4, -0.2) is 42.0 Å². The summed E-state index contributed by atoms with van der Waals surface area (Å²) in [5.74, 6) is -1.70. The number of hydrogen-bond donors (Lipinski definition) is 2. The molecule has 0 saturated carbocycles. The second-order valence-corrected chi connectivity index (χ2v) is 8.01. The van der Waals surface area contributed by atoms with E-state index in [2.05, 4.69) is 9.47 Å². The van der Waals surface area contributed by atoms with Gasteiger partial charge in [-0.15, -0.1) is 4.31 Å². The van der Waals surface area contributed by atoms with Crippen molar-refractivity contribution in [3.05, 3.63) is 35.9 Å². The molecule has 9 nitrogen and oxygen atoms in total. The summed E-state index contributed by atoms with van der Waals surface area (Å²) in [4.78, 5) is 23.6. The molecule has 0 atom stereocenters. The van der Waals surface area contributed by atoms with Crippen molar-refractivity contribution in [1.82, 2.24) is 9.62 Å². The molecule has 0 radical (unpaired) electrons. The summed E-state index contributed by atoms with van der Waals surface area (Å²) in [6.07, 6.45) is -3.46. The van der Waals surface area contributed by atoms with Crippen LogP contribution in [0.3, 0.4) is 0 Å². The molecule has 0 aliphatic rings. The molecule has 0 spiro atoms. The van der Waals surface area contributed by atoms with Gasteiger partial charge in [-0.05, 0) is 26.3 Å². The molecule has 2 amide bonds. The number of carbonyl (C=O) groups is 2. The van der Waals surface area contributed by atoms with Gasteiger partial charge in [0.1, 0.15) is 12.2 Å². The Bertz CT molecular complexity index is 835. The van der Waals surface area contributed by atoms with Crippen LogP contribution < -0.4 is 5.32 Å². The van der Waals surface area contributed by atoms with Gasteiger partial charge in [-0.1, -0.05) is 30.3 Å². The Kier molecular flexibility index (Phi) is 7.01. The maximum Gasteiger partial charge on any atom is 0.517 e. The maximum atomic E-state index is 12.9. The molecule has 0 saturated heterocycles. The van der Waals surface area contributed by atoms with Gasteiger partial charge in [-0.3, -0.25) is 10.7 Å². The second-order valence-electron chi connectivity index (χ2n) is 6.23. The number of ether oxygens (including phenoxy) is 2. The van der Waals surface area contributed by atoms with Crippen LogP contribution in [0.2, 0.25) is 0 Å². The van der Waals surface area contributed by atoms with Gasteiger partial charge in [-0.25, -0.2) is 9.59 Å². The number of carbonyl (C=O) groups excluding carboxylic acids is 2. The summed E-state index contributed by atoms with van der Waals surface area (Å²) in [5.41, 5.74) is -6.77. The van der Waals surface area contributed by atoms with Crippen LogP contribution in [0.1, 0.15) is 26.3 Å². The highest BCUT2D eigenvalue weighted by molar-refractivity contribution is 7.91. The fourth-order valence-corrected chi connectivity index (χ4v) is 2.35. The first-order valence-corrected chi connectivity index (χ1v) is 9.00. The summed E-state index contributed by atoms with van der Waals surface area (Å²) in [6, 6.07) is 8.14. The lowest BCUT2D eigenvalue weighted by atomic mass is 10.2. The molecule has 2 N–H and O–H groups in total. The van der Waals surface area contributed by atoms with Crippen molar-refractivity contribution in [2.45, 2.75) is 38.5 Å². The Hall–Kier alpha value is -2.83. The number of alkyl halides is 3. The molecular formula is C15H18F3N3O6S. The molecule has 28 heavy (non-hydrogen) atoms. The van der Waals surface area contributed by atoms with Crippen LogP contribution in [0.4, 0.5) is 22.8 Å². The average molecular weight is 425 g/mol. The van der Waals surface area contributed by atoms with E-state index in [9.17, 15) is 31.2 Å². The van der Waals surface area contributed by atoms with E-state index in [0.717, 1.165) is 0 Å². The normalized spacial score (nSPS) is 12.1. The Morgan fingerprint density at radius 2 is 1.68 bits per heavy atom. The zero-order chi connectivity index (χ0) is 21.8. The van der Waals surface area contributed by atoms with Crippen molar-refractivity contribution in [1.29, 1.82) is 5.41 Å². The number of guanidine groups is 1. The van der Waals surface area contributed by atoms with E-state index >= 15 is 0 Å². The van der Waals surface area contributed by atoms with Crippen LogP contribution in [0.25, 0.3) is 0 Å². The lowest BCUT2D eigenvalue weighted by molar-refractivity contribution is -0.0482. The highest BCUT2D eigenvalue weighted by atomic mass is 32.2. The van der Waals surface area contributed by atoms with Gasteiger partial charge in [0.25, 0.3) is 0 Å². The van der Waals surface area contributed by atoms with E-state index in [0.29, 0.717) is 5.56 Å². The lowest BCUT2D eigenvalue weighted by Crippen LogP contribution is -2.54. The van der Waals surface area contributed by atoms with E-state index in [1.807, 2.05) is 0 Å². The molecule has 0 aromatic heterocycles. The monoisotopic (exact) mass is 425 g/mol. The van der Waals surface area contributed by atoms with Crippen molar-refractivity contribution in [2.24, 2.45) is 0 Å². The third kappa shape index (κ3) is 6.40. The van der Waals surface area contributed by atoms with E-state index in [4.69, 9.17) is 5.41 Å². The molecule has 1 rings (SSSR count). The molecule has 0 aliphatic heterocycles. The predicted molar refractivity (Wildman–Crippen MR) is 90.5 cm³/mol. The fourth-order valence-electron chi connectivity index (χ4n) is 1.62.